The van der Waals surface area contributed by atoms with E-state index in [1.807, 2.05) is 12.3 Å². The third-order valence-corrected chi connectivity index (χ3v) is 8.81. The highest BCUT2D eigenvalue weighted by Crippen LogP contribution is 2.33. The summed E-state index contributed by atoms with van der Waals surface area (Å²) in [4.78, 5) is 9.45. The number of hydrogen-bond acceptors (Lipinski definition) is 6. The molecule has 3 saturated carbocycles. The first-order valence-corrected chi connectivity index (χ1v) is 14.9. The molecule has 3 heterocycles. The largest absolute Gasteiger partial charge is 0.493 e. The fourth-order valence-corrected chi connectivity index (χ4v) is 6.25. The number of fused-ring (bicyclic) bond motifs is 1. The number of anilines is 2. The van der Waals surface area contributed by atoms with E-state index in [1.165, 1.54) is 70.6 Å². The smallest absolute Gasteiger partial charge is 0.223 e. The summed E-state index contributed by atoms with van der Waals surface area (Å²) < 4.78 is 8.10. The van der Waals surface area contributed by atoms with Crippen molar-refractivity contribution >= 4 is 17.3 Å². The molecule has 3 aromatic heterocycles. The topological polar surface area (TPSA) is 76.4 Å². The predicted octanol–water partition coefficient (Wildman–Crippen LogP) is 7.35. The maximum absolute atomic E-state index is 6.03. The number of nitrogens with one attached hydrogen (secondary N) is 2. The molecule has 3 aliphatic rings. The SMILES string of the molecule is c1cc(-c2ccc(NC3CCCC3)n3nc(-c4ccc(OCC5CCC5)cc4)cc23)nc(NC2CCCC2)n1. The second-order valence-electron chi connectivity index (χ2n) is 11.6. The molecule has 3 aliphatic carbocycles. The van der Waals surface area contributed by atoms with Gasteiger partial charge in [-0.3, -0.25) is 0 Å². The van der Waals surface area contributed by atoms with Crippen LogP contribution in [0.1, 0.15) is 70.6 Å². The summed E-state index contributed by atoms with van der Waals surface area (Å²) in [7, 11) is 0. The van der Waals surface area contributed by atoms with Gasteiger partial charge in [-0.1, -0.05) is 32.1 Å². The van der Waals surface area contributed by atoms with E-state index in [9.17, 15) is 0 Å². The molecule has 7 nitrogen and oxygen atoms in total. The molecule has 1 aromatic carbocycles. The molecule has 7 rings (SSSR count). The van der Waals surface area contributed by atoms with E-state index >= 15 is 0 Å². The molecule has 0 amide bonds. The third kappa shape index (κ3) is 5.32. The Bertz CT molecular complexity index is 1410. The molecule has 0 bridgehead atoms. The molecule has 39 heavy (non-hydrogen) atoms. The van der Waals surface area contributed by atoms with Crippen molar-refractivity contribution in [2.75, 3.05) is 17.2 Å². The number of pyridine rings is 1. The molecule has 4 aromatic rings. The highest BCUT2D eigenvalue weighted by Gasteiger charge is 2.21. The molecule has 0 spiro atoms. The van der Waals surface area contributed by atoms with Crippen LogP contribution in [0.4, 0.5) is 11.8 Å². The summed E-state index contributed by atoms with van der Waals surface area (Å²) >= 11 is 0. The molecular weight excluding hydrogens is 484 g/mol. The second-order valence-corrected chi connectivity index (χ2v) is 11.6. The van der Waals surface area contributed by atoms with Gasteiger partial charge in [0, 0.05) is 29.4 Å². The van der Waals surface area contributed by atoms with Crippen LogP contribution in [0.5, 0.6) is 5.75 Å². The van der Waals surface area contributed by atoms with Crippen LogP contribution in [0, 0.1) is 5.92 Å². The normalized spacial score (nSPS) is 18.5. The predicted molar refractivity (Wildman–Crippen MR) is 156 cm³/mol. The van der Waals surface area contributed by atoms with E-state index in [0.717, 1.165) is 52.1 Å². The summed E-state index contributed by atoms with van der Waals surface area (Å²) in [6.07, 6.45) is 15.7. The van der Waals surface area contributed by atoms with Crippen LogP contribution in [-0.4, -0.2) is 38.3 Å². The number of aromatic nitrogens is 4. The summed E-state index contributed by atoms with van der Waals surface area (Å²) in [6.45, 7) is 0.823. The second kappa shape index (κ2) is 10.9. The van der Waals surface area contributed by atoms with Crippen LogP contribution in [0.2, 0.25) is 0 Å². The van der Waals surface area contributed by atoms with Crippen molar-refractivity contribution in [1.29, 1.82) is 0 Å². The quantitative estimate of drug-likeness (QED) is 0.239. The zero-order valence-corrected chi connectivity index (χ0v) is 22.6. The van der Waals surface area contributed by atoms with E-state index < -0.39 is 0 Å². The van der Waals surface area contributed by atoms with Gasteiger partial charge in [0.1, 0.15) is 11.6 Å². The van der Waals surface area contributed by atoms with Crippen LogP contribution in [-0.2, 0) is 0 Å². The number of ether oxygens (including phenoxy) is 1. The Hall–Kier alpha value is -3.61. The standard InChI is InChI=1S/C32H38N6O/c1-2-9-24(8-1)34-31-17-16-27(28-18-19-33-32(36-28)35-25-10-3-4-11-25)30-20-29(37-38(30)31)23-12-14-26(15-13-23)39-21-22-6-5-7-22/h12-20,22,24-25,34H,1-11,21H2,(H,33,35,36). The molecule has 0 radical (unpaired) electrons. The lowest BCUT2D eigenvalue weighted by Crippen LogP contribution is -2.19. The summed E-state index contributed by atoms with van der Waals surface area (Å²) in [5.74, 6) is 3.40. The first-order chi connectivity index (χ1) is 19.3. The Morgan fingerprint density at radius 2 is 1.51 bits per heavy atom. The van der Waals surface area contributed by atoms with Crippen molar-refractivity contribution in [1.82, 2.24) is 19.6 Å². The average molecular weight is 523 g/mol. The minimum Gasteiger partial charge on any atom is -0.493 e. The van der Waals surface area contributed by atoms with Crippen molar-refractivity contribution in [3.63, 3.8) is 0 Å². The zero-order chi connectivity index (χ0) is 26.0. The minimum atomic E-state index is 0.473. The molecule has 2 N–H and O–H groups in total. The van der Waals surface area contributed by atoms with E-state index in [-0.39, 0.29) is 0 Å². The Balaban J connectivity index is 1.21. The van der Waals surface area contributed by atoms with E-state index in [0.29, 0.717) is 18.0 Å². The molecule has 0 saturated heterocycles. The van der Waals surface area contributed by atoms with Crippen LogP contribution in [0.25, 0.3) is 28.0 Å². The first-order valence-electron chi connectivity index (χ1n) is 14.9. The van der Waals surface area contributed by atoms with Crippen molar-refractivity contribution in [2.45, 2.75) is 82.7 Å². The van der Waals surface area contributed by atoms with Gasteiger partial charge in [-0.2, -0.15) is 5.10 Å². The maximum Gasteiger partial charge on any atom is 0.223 e. The van der Waals surface area contributed by atoms with Crippen LogP contribution in [0.3, 0.4) is 0 Å². The van der Waals surface area contributed by atoms with E-state index in [2.05, 4.69) is 62.6 Å². The Kier molecular flexibility index (Phi) is 6.81. The Labute approximate surface area is 230 Å². The number of rotatable bonds is 9. The van der Waals surface area contributed by atoms with Gasteiger partial charge < -0.3 is 15.4 Å². The van der Waals surface area contributed by atoms with Crippen LogP contribution in [0.15, 0.2) is 54.7 Å². The number of hydrogen-bond donors (Lipinski definition) is 2. The summed E-state index contributed by atoms with van der Waals surface area (Å²) in [6, 6.07) is 17.9. The lowest BCUT2D eigenvalue weighted by molar-refractivity contribution is 0.180. The van der Waals surface area contributed by atoms with E-state index in [1.54, 1.807) is 0 Å². The maximum atomic E-state index is 6.03. The number of benzene rings is 1. The van der Waals surface area contributed by atoms with Crippen LogP contribution < -0.4 is 15.4 Å². The van der Waals surface area contributed by atoms with Gasteiger partial charge in [0.15, 0.2) is 0 Å². The van der Waals surface area contributed by atoms with Gasteiger partial charge in [-0.05, 0) is 93.0 Å². The van der Waals surface area contributed by atoms with Gasteiger partial charge in [0.25, 0.3) is 0 Å². The van der Waals surface area contributed by atoms with Crippen LogP contribution >= 0.6 is 0 Å². The molecule has 3 fully saturated rings. The van der Waals surface area contributed by atoms with Crippen molar-refractivity contribution in [3.8, 4) is 28.3 Å². The Morgan fingerprint density at radius 3 is 2.23 bits per heavy atom. The summed E-state index contributed by atoms with van der Waals surface area (Å²) in [5, 5.41) is 12.4. The molecule has 0 aliphatic heterocycles. The fourth-order valence-electron chi connectivity index (χ4n) is 6.25. The summed E-state index contributed by atoms with van der Waals surface area (Å²) in [5.41, 5.74) is 5.04. The van der Waals surface area contributed by atoms with E-state index in [4.69, 9.17) is 14.8 Å². The Morgan fingerprint density at radius 1 is 0.769 bits per heavy atom. The van der Waals surface area contributed by atoms with Gasteiger partial charge in [-0.25, -0.2) is 14.5 Å². The highest BCUT2D eigenvalue weighted by molar-refractivity contribution is 5.83. The van der Waals surface area contributed by atoms with Gasteiger partial charge in [-0.15, -0.1) is 0 Å². The molecule has 7 heteroatoms. The highest BCUT2D eigenvalue weighted by atomic mass is 16.5. The molecule has 202 valence electrons. The first kappa shape index (κ1) is 24.4. The lowest BCUT2D eigenvalue weighted by atomic mass is 9.86. The van der Waals surface area contributed by atoms with Crippen molar-refractivity contribution in [2.24, 2.45) is 5.92 Å². The van der Waals surface area contributed by atoms with Gasteiger partial charge >= 0.3 is 0 Å². The third-order valence-electron chi connectivity index (χ3n) is 8.81. The monoisotopic (exact) mass is 522 g/mol. The fraction of sp³-hybridized carbons (Fsp3) is 0.469. The van der Waals surface area contributed by atoms with Crippen molar-refractivity contribution < 1.29 is 4.74 Å². The zero-order valence-electron chi connectivity index (χ0n) is 22.6. The van der Waals surface area contributed by atoms with Gasteiger partial charge in [0.05, 0.1) is 23.5 Å². The molecule has 0 atom stereocenters. The molecule has 0 unspecified atom stereocenters. The lowest BCUT2D eigenvalue weighted by Gasteiger charge is -2.25. The minimum absolute atomic E-state index is 0.473. The van der Waals surface area contributed by atoms with Gasteiger partial charge in [0.2, 0.25) is 5.95 Å². The van der Waals surface area contributed by atoms with Crippen molar-refractivity contribution in [3.05, 3.63) is 54.7 Å². The number of nitrogens with zero attached hydrogens (tertiary/aromatic N) is 4. The average Bonchev–Trinajstić information content (AvgIpc) is 3.71. The molecular formula is C32H38N6O.